The smallest absolute Gasteiger partial charge is 0.374 e. The molecule has 0 radical (unpaired) electrons. The van der Waals surface area contributed by atoms with Gasteiger partial charge in [0.1, 0.15) is 0 Å². The molecule has 1 unspecified atom stereocenters. The van der Waals surface area contributed by atoms with Gasteiger partial charge in [0, 0.05) is 25.7 Å². The minimum absolute atomic E-state index is 0.00785. The molecule has 0 aromatic rings. The third-order valence-electron chi connectivity index (χ3n) is 4.32. The summed E-state index contributed by atoms with van der Waals surface area (Å²) in [5.41, 5.74) is 0. The van der Waals surface area contributed by atoms with Gasteiger partial charge in [-0.3, -0.25) is 9.80 Å². The van der Waals surface area contributed by atoms with E-state index in [9.17, 15) is 13.2 Å². The van der Waals surface area contributed by atoms with Gasteiger partial charge in [-0.2, -0.15) is 13.2 Å². The van der Waals surface area contributed by atoms with Crippen molar-refractivity contribution in [3.05, 3.63) is 0 Å². The van der Waals surface area contributed by atoms with Gasteiger partial charge in [-0.1, -0.05) is 6.92 Å². The number of nitrogens with one attached hydrogen (secondary N) is 1. The van der Waals surface area contributed by atoms with Crippen LogP contribution in [-0.2, 0) is 4.74 Å². The van der Waals surface area contributed by atoms with Crippen molar-refractivity contribution in [2.45, 2.75) is 38.1 Å². The number of likely N-dealkylation sites (N-methyl/N-ethyl adjacent to an activating group) is 1. The van der Waals surface area contributed by atoms with Crippen LogP contribution < -0.4 is 5.32 Å². The molecule has 4 nitrogen and oxygen atoms in total. The molecule has 0 aromatic heterocycles. The molecule has 2 heterocycles. The van der Waals surface area contributed by atoms with Crippen LogP contribution in [0.5, 0.6) is 0 Å². The highest BCUT2D eigenvalue weighted by Crippen LogP contribution is 2.22. The van der Waals surface area contributed by atoms with Gasteiger partial charge in [-0.15, -0.1) is 0 Å². The number of ether oxygens (including phenoxy) is 1. The van der Waals surface area contributed by atoms with Gasteiger partial charge in [0.25, 0.3) is 0 Å². The van der Waals surface area contributed by atoms with Crippen LogP contribution in [0.2, 0.25) is 0 Å². The van der Waals surface area contributed by atoms with E-state index >= 15 is 0 Å². The molecule has 1 atom stereocenters. The molecule has 1 N–H and O–H groups in total. The molecule has 2 fully saturated rings. The number of piperidine rings is 1. The number of hydrogen-bond acceptors (Lipinski definition) is 4. The SMILES string of the molecule is CCN1CCOC(CN(CC(F)(F)F)C2CCNCC2)C1. The minimum atomic E-state index is -4.15. The van der Waals surface area contributed by atoms with Crippen LogP contribution in [0, 0.1) is 0 Å². The zero-order valence-electron chi connectivity index (χ0n) is 12.7. The number of hydrogen-bond donors (Lipinski definition) is 1. The molecule has 0 aliphatic carbocycles. The van der Waals surface area contributed by atoms with Gasteiger partial charge in [0.2, 0.25) is 0 Å². The maximum Gasteiger partial charge on any atom is 0.401 e. The summed E-state index contributed by atoms with van der Waals surface area (Å²) in [5, 5.41) is 3.20. The average Bonchev–Trinajstić information content (AvgIpc) is 2.46. The summed E-state index contributed by atoms with van der Waals surface area (Å²) in [6.45, 7) is 6.36. The largest absolute Gasteiger partial charge is 0.401 e. The van der Waals surface area contributed by atoms with Crippen LogP contribution >= 0.6 is 0 Å². The van der Waals surface area contributed by atoms with E-state index in [1.165, 1.54) is 0 Å². The van der Waals surface area contributed by atoms with E-state index in [1.807, 2.05) is 0 Å². The van der Waals surface area contributed by atoms with Gasteiger partial charge in [0.15, 0.2) is 0 Å². The van der Waals surface area contributed by atoms with Crippen LogP contribution in [0.15, 0.2) is 0 Å². The second-order valence-corrected chi connectivity index (χ2v) is 5.91. The van der Waals surface area contributed by atoms with Gasteiger partial charge in [-0.25, -0.2) is 0 Å². The molecule has 7 heteroatoms. The Balaban J connectivity index is 1.94. The summed E-state index contributed by atoms with van der Waals surface area (Å²) < 4.78 is 44.2. The van der Waals surface area contributed by atoms with Gasteiger partial charge < -0.3 is 10.1 Å². The Morgan fingerprint density at radius 3 is 2.62 bits per heavy atom. The van der Waals surface area contributed by atoms with E-state index < -0.39 is 12.7 Å². The number of nitrogens with zero attached hydrogens (tertiary/aromatic N) is 2. The molecule has 2 aliphatic heterocycles. The zero-order valence-corrected chi connectivity index (χ0v) is 12.7. The number of morpholine rings is 1. The first-order valence-electron chi connectivity index (χ1n) is 7.83. The van der Waals surface area contributed by atoms with E-state index in [0.29, 0.717) is 13.2 Å². The summed E-state index contributed by atoms with van der Waals surface area (Å²) in [6.07, 6.45) is -2.71. The molecule has 124 valence electrons. The average molecular weight is 309 g/mol. The van der Waals surface area contributed by atoms with Crippen molar-refractivity contribution in [2.24, 2.45) is 0 Å². The maximum atomic E-state index is 12.8. The lowest BCUT2D eigenvalue weighted by molar-refractivity contribution is -0.158. The summed E-state index contributed by atoms with van der Waals surface area (Å²) in [4.78, 5) is 3.83. The molecule has 0 saturated carbocycles. The molecule has 2 rings (SSSR count). The number of alkyl halides is 3. The molecular formula is C14H26F3N3O. The van der Waals surface area contributed by atoms with Gasteiger partial charge >= 0.3 is 6.18 Å². The fourth-order valence-corrected chi connectivity index (χ4v) is 3.18. The third kappa shape index (κ3) is 5.73. The van der Waals surface area contributed by atoms with Crippen molar-refractivity contribution in [3.8, 4) is 0 Å². The Labute approximate surface area is 124 Å². The molecule has 0 spiro atoms. The summed E-state index contributed by atoms with van der Waals surface area (Å²) in [7, 11) is 0. The lowest BCUT2D eigenvalue weighted by Gasteiger charge is -2.39. The molecule has 21 heavy (non-hydrogen) atoms. The predicted octanol–water partition coefficient (Wildman–Crippen LogP) is 1.32. The van der Waals surface area contributed by atoms with E-state index in [2.05, 4.69) is 17.1 Å². The Morgan fingerprint density at radius 1 is 1.29 bits per heavy atom. The highest BCUT2D eigenvalue weighted by molar-refractivity contribution is 4.83. The maximum absolute atomic E-state index is 12.8. The van der Waals surface area contributed by atoms with Gasteiger partial charge in [0.05, 0.1) is 19.3 Å². The highest BCUT2D eigenvalue weighted by Gasteiger charge is 2.36. The molecule has 0 bridgehead atoms. The molecule has 0 amide bonds. The van der Waals surface area contributed by atoms with Crippen LogP contribution in [0.25, 0.3) is 0 Å². The first-order chi connectivity index (χ1) is 9.98. The van der Waals surface area contributed by atoms with Crippen molar-refractivity contribution in [3.63, 3.8) is 0 Å². The standard InChI is InChI=1S/C14H26F3N3O/c1-2-19-7-8-21-13(9-19)10-20(11-14(15,16)17)12-3-5-18-6-4-12/h12-13,18H,2-11H2,1H3. The highest BCUT2D eigenvalue weighted by atomic mass is 19.4. The van der Waals surface area contributed by atoms with E-state index in [1.54, 1.807) is 4.90 Å². The monoisotopic (exact) mass is 309 g/mol. The Hall–Kier alpha value is -0.370. The van der Waals surface area contributed by atoms with Crippen molar-refractivity contribution in [1.82, 2.24) is 15.1 Å². The van der Waals surface area contributed by atoms with Crippen molar-refractivity contribution in [1.29, 1.82) is 0 Å². The van der Waals surface area contributed by atoms with Crippen molar-refractivity contribution >= 4 is 0 Å². The number of halogens is 3. The summed E-state index contributed by atoms with van der Waals surface area (Å²) in [6, 6.07) is 0.00785. The fraction of sp³-hybridized carbons (Fsp3) is 1.00. The first kappa shape index (κ1) is 17.0. The van der Waals surface area contributed by atoms with Crippen LogP contribution in [0.4, 0.5) is 13.2 Å². The topological polar surface area (TPSA) is 27.7 Å². The van der Waals surface area contributed by atoms with E-state index in [4.69, 9.17) is 4.74 Å². The Kier molecular flexibility index (Phi) is 6.28. The first-order valence-corrected chi connectivity index (χ1v) is 7.83. The van der Waals surface area contributed by atoms with Crippen LogP contribution in [0.3, 0.4) is 0 Å². The zero-order chi connectivity index (χ0) is 15.3. The Bertz CT molecular complexity index is 308. The van der Waals surface area contributed by atoms with E-state index in [-0.39, 0.29) is 12.1 Å². The van der Waals surface area contributed by atoms with Crippen LogP contribution in [-0.4, -0.2) is 80.5 Å². The molecule has 2 saturated heterocycles. The Morgan fingerprint density at radius 2 is 2.00 bits per heavy atom. The normalized spacial score (nSPS) is 26.4. The summed E-state index contributed by atoms with van der Waals surface area (Å²) in [5.74, 6) is 0. The summed E-state index contributed by atoms with van der Waals surface area (Å²) >= 11 is 0. The van der Waals surface area contributed by atoms with Crippen LogP contribution in [0.1, 0.15) is 19.8 Å². The van der Waals surface area contributed by atoms with Gasteiger partial charge in [-0.05, 0) is 32.5 Å². The molecular weight excluding hydrogens is 283 g/mol. The lowest BCUT2D eigenvalue weighted by atomic mass is 10.0. The number of rotatable bonds is 5. The van der Waals surface area contributed by atoms with E-state index in [0.717, 1.165) is 45.6 Å². The molecule has 2 aliphatic rings. The second kappa shape index (κ2) is 7.76. The quantitative estimate of drug-likeness (QED) is 0.829. The second-order valence-electron chi connectivity index (χ2n) is 5.91. The fourth-order valence-electron chi connectivity index (χ4n) is 3.18. The lowest BCUT2D eigenvalue weighted by Crippen LogP contribution is -2.53. The third-order valence-corrected chi connectivity index (χ3v) is 4.32. The van der Waals surface area contributed by atoms with Crippen molar-refractivity contribution in [2.75, 3.05) is 52.4 Å². The molecule has 0 aromatic carbocycles. The van der Waals surface area contributed by atoms with Crippen molar-refractivity contribution < 1.29 is 17.9 Å². The minimum Gasteiger partial charge on any atom is -0.374 e. The predicted molar refractivity (Wildman–Crippen MR) is 75.4 cm³/mol.